The van der Waals surface area contributed by atoms with Gasteiger partial charge in [0.15, 0.2) is 5.82 Å². The van der Waals surface area contributed by atoms with Gasteiger partial charge in [-0.05, 0) is 30.7 Å². The molecule has 2 aromatic rings. The molecule has 0 unspecified atom stereocenters. The standard InChI is InChI=1S/C17H21F3N4O4S/c1-2-3-15-21-16(28-22-15)12-23-8-10-24(11-9-23)29(25,26)14-6-4-13(5-7-14)27-17(18,19)20/h4-7H,2-3,8-12H2,1H3. The summed E-state index contributed by atoms with van der Waals surface area (Å²) in [7, 11) is -3.80. The lowest BCUT2D eigenvalue weighted by Crippen LogP contribution is -2.48. The fourth-order valence-electron chi connectivity index (χ4n) is 2.96. The molecule has 0 radical (unpaired) electrons. The largest absolute Gasteiger partial charge is 0.573 e. The van der Waals surface area contributed by atoms with Crippen molar-refractivity contribution >= 4 is 10.0 Å². The van der Waals surface area contributed by atoms with Crippen molar-refractivity contribution < 1.29 is 30.8 Å². The van der Waals surface area contributed by atoms with Crippen LogP contribution >= 0.6 is 0 Å². The van der Waals surface area contributed by atoms with E-state index in [0.29, 0.717) is 31.3 Å². The summed E-state index contributed by atoms with van der Waals surface area (Å²) in [6.07, 6.45) is -3.17. The Balaban J connectivity index is 1.57. The van der Waals surface area contributed by atoms with E-state index in [1.165, 1.54) is 4.31 Å². The maximum absolute atomic E-state index is 12.7. The van der Waals surface area contributed by atoms with Crippen molar-refractivity contribution in [2.24, 2.45) is 0 Å². The molecule has 0 spiro atoms. The van der Waals surface area contributed by atoms with Gasteiger partial charge >= 0.3 is 6.36 Å². The number of hydrogen-bond donors (Lipinski definition) is 0. The Bertz CT molecular complexity index is 908. The number of alkyl halides is 3. The number of rotatable bonds is 7. The van der Waals surface area contributed by atoms with Gasteiger partial charge in [0.2, 0.25) is 15.9 Å². The van der Waals surface area contributed by atoms with E-state index < -0.39 is 22.1 Å². The van der Waals surface area contributed by atoms with Crippen molar-refractivity contribution in [3.8, 4) is 5.75 Å². The molecule has 160 valence electrons. The minimum atomic E-state index is -4.83. The number of sulfonamides is 1. The average molecular weight is 434 g/mol. The molecule has 12 heteroatoms. The summed E-state index contributed by atoms with van der Waals surface area (Å²) >= 11 is 0. The van der Waals surface area contributed by atoms with E-state index in [-0.39, 0.29) is 18.0 Å². The van der Waals surface area contributed by atoms with E-state index in [1.54, 1.807) is 0 Å². The Hall–Kier alpha value is -2.18. The monoisotopic (exact) mass is 434 g/mol. The third-order valence-corrected chi connectivity index (χ3v) is 6.28. The molecule has 3 rings (SSSR count). The second-order valence-corrected chi connectivity index (χ2v) is 8.49. The number of nitrogens with zero attached hydrogens (tertiary/aromatic N) is 4. The van der Waals surface area contributed by atoms with Crippen LogP contribution in [0.3, 0.4) is 0 Å². The van der Waals surface area contributed by atoms with Crippen LogP contribution in [0, 0.1) is 0 Å². The van der Waals surface area contributed by atoms with Gasteiger partial charge in [-0.3, -0.25) is 4.90 Å². The minimum absolute atomic E-state index is 0.0819. The zero-order chi connectivity index (χ0) is 21.1. The van der Waals surface area contributed by atoms with Gasteiger partial charge in [-0.25, -0.2) is 8.42 Å². The summed E-state index contributed by atoms with van der Waals surface area (Å²) in [5.41, 5.74) is 0. The molecular formula is C17H21F3N4O4S. The minimum Gasteiger partial charge on any atom is -0.406 e. The molecule has 29 heavy (non-hydrogen) atoms. The lowest BCUT2D eigenvalue weighted by atomic mass is 10.3. The van der Waals surface area contributed by atoms with Crippen LogP contribution in [0.4, 0.5) is 13.2 Å². The average Bonchev–Trinajstić information content (AvgIpc) is 3.09. The highest BCUT2D eigenvalue weighted by Crippen LogP contribution is 2.25. The molecule has 8 nitrogen and oxygen atoms in total. The van der Waals surface area contributed by atoms with Gasteiger partial charge in [-0.2, -0.15) is 9.29 Å². The number of ether oxygens (including phenoxy) is 1. The first kappa shape index (κ1) is 21.5. The molecule has 1 aromatic heterocycles. The van der Waals surface area contributed by atoms with Gasteiger partial charge in [0.1, 0.15) is 5.75 Å². The molecule has 0 aliphatic carbocycles. The molecule has 0 amide bonds. The first-order chi connectivity index (χ1) is 13.7. The van der Waals surface area contributed by atoms with Crippen molar-refractivity contribution in [1.82, 2.24) is 19.3 Å². The highest BCUT2D eigenvalue weighted by molar-refractivity contribution is 7.89. The van der Waals surface area contributed by atoms with Gasteiger partial charge in [-0.1, -0.05) is 12.1 Å². The first-order valence-electron chi connectivity index (χ1n) is 9.07. The SMILES string of the molecule is CCCc1noc(CN2CCN(S(=O)(=O)c3ccc(OC(F)(F)F)cc3)CC2)n1. The van der Waals surface area contributed by atoms with E-state index in [0.717, 1.165) is 37.1 Å². The Morgan fingerprint density at radius 1 is 1.14 bits per heavy atom. The highest BCUT2D eigenvalue weighted by atomic mass is 32.2. The summed E-state index contributed by atoms with van der Waals surface area (Å²) in [5, 5.41) is 3.89. The third kappa shape index (κ3) is 5.67. The number of aryl methyl sites for hydroxylation is 1. The van der Waals surface area contributed by atoms with E-state index in [9.17, 15) is 21.6 Å². The fraction of sp³-hybridized carbons (Fsp3) is 0.529. The van der Waals surface area contributed by atoms with Crippen LogP contribution in [0.2, 0.25) is 0 Å². The second-order valence-electron chi connectivity index (χ2n) is 6.55. The van der Waals surface area contributed by atoms with Crippen molar-refractivity contribution in [2.75, 3.05) is 26.2 Å². The second kappa shape index (κ2) is 8.67. The molecule has 1 saturated heterocycles. The zero-order valence-electron chi connectivity index (χ0n) is 15.7. The highest BCUT2D eigenvalue weighted by Gasteiger charge is 2.32. The molecule has 1 aliphatic rings. The molecule has 0 saturated carbocycles. The van der Waals surface area contributed by atoms with Gasteiger partial charge in [0, 0.05) is 32.6 Å². The maximum atomic E-state index is 12.7. The van der Waals surface area contributed by atoms with E-state index >= 15 is 0 Å². The molecule has 0 atom stereocenters. The Kier molecular flexibility index (Phi) is 6.44. The summed E-state index contributed by atoms with van der Waals surface area (Å²) in [4.78, 5) is 6.23. The van der Waals surface area contributed by atoms with Gasteiger partial charge in [0.25, 0.3) is 0 Å². The number of piperazine rings is 1. The van der Waals surface area contributed by atoms with Crippen molar-refractivity contribution in [3.05, 3.63) is 36.0 Å². The number of aromatic nitrogens is 2. The Morgan fingerprint density at radius 2 is 1.79 bits per heavy atom. The van der Waals surface area contributed by atoms with Crippen LogP contribution in [0.15, 0.2) is 33.7 Å². The zero-order valence-corrected chi connectivity index (χ0v) is 16.5. The van der Waals surface area contributed by atoms with Gasteiger partial charge < -0.3 is 9.26 Å². The summed E-state index contributed by atoms with van der Waals surface area (Å²) < 4.78 is 72.4. The molecule has 0 N–H and O–H groups in total. The predicted octanol–water partition coefficient (Wildman–Crippen LogP) is 2.43. The predicted molar refractivity (Wildman–Crippen MR) is 95.5 cm³/mol. The molecule has 1 aliphatic heterocycles. The van der Waals surface area contributed by atoms with Crippen LogP contribution in [0.1, 0.15) is 25.1 Å². The Labute approximate surface area is 166 Å². The topological polar surface area (TPSA) is 88.8 Å². The molecular weight excluding hydrogens is 413 g/mol. The molecule has 1 aromatic carbocycles. The molecule has 2 heterocycles. The van der Waals surface area contributed by atoms with Gasteiger partial charge in [-0.15, -0.1) is 13.2 Å². The molecule has 0 bridgehead atoms. The van der Waals surface area contributed by atoms with Crippen molar-refractivity contribution in [3.63, 3.8) is 0 Å². The smallest absolute Gasteiger partial charge is 0.406 e. The summed E-state index contributed by atoms with van der Waals surface area (Å²) in [6, 6.07) is 4.19. The van der Waals surface area contributed by atoms with Crippen molar-refractivity contribution in [2.45, 2.75) is 37.6 Å². The number of hydrogen-bond acceptors (Lipinski definition) is 7. The van der Waals surface area contributed by atoms with Crippen LogP contribution in [0.5, 0.6) is 5.75 Å². The maximum Gasteiger partial charge on any atom is 0.573 e. The fourth-order valence-corrected chi connectivity index (χ4v) is 4.38. The first-order valence-corrected chi connectivity index (χ1v) is 10.5. The quantitative estimate of drug-likeness (QED) is 0.661. The van der Waals surface area contributed by atoms with Crippen LogP contribution in [0.25, 0.3) is 0 Å². The molecule has 1 fully saturated rings. The number of halogens is 3. The van der Waals surface area contributed by atoms with Crippen LogP contribution in [-0.2, 0) is 23.0 Å². The lowest BCUT2D eigenvalue weighted by molar-refractivity contribution is -0.274. The van der Waals surface area contributed by atoms with Crippen LogP contribution in [-0.4, -0.2) is 60.3 Å². The lowest BCUT2D eigenvalue weighted by Gasteiger charge is -2.33. The van der Waals surface area contributed by atoms with Gasteiger partial charge in [0.05, 0.1) is 11.4 Å². The van der Waals surface area contributed by atoms with E-state index in [1.807, 2.05) is 11.8 Å². The van der Waals surface area contributed by atoms with E-state index in [2.05, 4.69) is 14.9 Å². The Morgan fingerprint density at radius 3 is 2.38 bits per heavy atom. The summed E-state index contributed by atoms with van der Waals surface area (Å²) in [6.45, 7) is 3.90. The van der Waals surface area contributed by atoms with E-state index in [4.69, 9.17) is 4.52 Å². The van der Waals surface area contributed by atoms with Crippen LogP contribution < -0.4 is 4.74 Å². The van der Waals surface area contributed by atoms with Crippen molar-refractivity contribution in [1.29, 1.82) is 0 Å². The third-order valence-electron chi connectivity index (χ3n) is 4.37. The normalized spacial score (nSPS) is 16.8. The summed E-state index contributed by atoms with van der Waals surface area (Å²) in [5.74, 6) is 0.676. The number of benzene rings is 1.